The number of ether oxygens (including phenoxy) is 1. The fourth-order valence-electron chi connectivity index (χ4n) is 2.71. The third-order valence-electron chi connectivity index (χ3n) is 3.92. The van der Waals surface area contributed by atoms with Crippen LogP contribution in [0.4, 0.5) is 10.5 Å². The van der Waals surface area contributed by atoms with E-state index in [0.29, 0.717) is 17.0 Å². The van der Waals surface area contributed by atoms with Crippen molar-refractivity contribution in [1.29, 1.82) is 0 Å². The van der Waals surface area contributed by atoms with Gasteiger partial charge in [-0.25, -0.2) is 14.6 Å². The molecule has 2 aromatic carbocycles. The van der Waals surface area contributed by atoms with Crippen LogP contribution in [-0.2, 0) is 11.8 Å². The molecule has 0 fully saturated rings. The lowest BCUT2D eigenvalue weighted by molar-refractivity contribution is 0.0634. The molecule has 0 aliphatic carbocycles. The standard InChI is InChI=1S/C20H21N3O4/c1-20(2,3)27-19(26)21-14-8-5-12(6-9-14)17-22-15-10-7-13(18(24)25)11-16(15)23(17)4/h5-11H,1-4H3,(H,21,26)(H,24,25). The van der Waals surface area contributed by atoms with Crippen LogP contribution < -0.4 is 5.32 Å². The molecule has 0 atom stereocenters. The number of nitrogens with zero attached hydrogens (tertiary/aromatic N) is 2. The Morgan fingerprint density at radius 1 is 1.11 bits per heavy atom. The van der Waals surface area contributed by atoms with Crippen molar-refractivity contribution in [2.75, 3.05) is 5.32 Å². The van der Waals surface area contributed by atoms with Gasteiger partial charge < -0.3 is 14.4 Å². The van der Waals surface area contributed by atoms with E-state index in [4.69, 9.17) is 9.84 Å². The average Bonchev–Trinajstić information content (AvgIpc) is 2.90. The number of nitrogens with one attached hydrogen (secondary N) is 1. The van der Waals surface area contributed by atoms with Gasteiger partial charge in [0.25, 0.3) is 0 Å². The summed E-state index contributed by atoms with van der Waals surface area (Å²) < 4.78 is 7.08. The van der Waals surface area contributed by atoms with E-state index in [0.717, 1.165) is 11.1 Å². The van der Waals surface area contributed by atoms with Crippen LogP contribution in [0.25, 0.3) is 22.4 Å². The summed E-state index contributed by atoms with van der Waals surface area (Å²) in [4.78, 5) is 27.6. The number of hydrogen-bond donors (Lipinski definition) is 2. The van der Waals surface area contributed by atoms with E-state index in [1.165, 1.54) is 6.07 Å². The van der Waals surface area contributed by atoms with Gasteiger partial charge in [-0.3, -0.25) is 5.32 Å². The van der Waals surface area contributed by atoms with Gasteiger partial charge in [-0.15, -0.1) is 0 Å². The molecule has 0 unspecified atom stereocenters. The largest absolute Gasteiger partial charge is 0.478 e. The number of carbonyl (C=O) groups is 2. The van der Waals surface area contributed by atoms with Crippen molar-refractivity contribution < 1.29 is 19.4 Å². The number of carboxylic acid groups (broad SMARTS) is 1. The van der Waals surface area contributed by atoms with Gasteiger partial charge in [0.1, 0.15) is 11.4 Å². The van der Waals surface area contributed by atoms with Crippen LogP contribution in [-0.4, -0.2) is 32.3 Å². The molecule has 1 amide bonds. The van der Waals surface area contributed by atoms with Crippen molar-refractivity contribution in [1.82, 2.24) is 9.55 Å². The summed E-state index contributed by atoms with van der Waals surface area (Å²) in [6.07, 6.45) is -0.515. The number of imidazole rings is 1. The Hall–Kier alpha value is -3.35. The molecule has 0 radical (unpaired) electrons. The van der Waals surface area contributed by atoms with Gasteiger partial charge in [-0.1, -0.05) is 0 Å². The maximum absolute atomic E-state index is 11.8. The van der Waals surface area contributed by atoms with Gasteiger partial charge in [0, 0.05) is 18.3 Å². The molecule has 0 aliphatic heterocycles. The number of fused-ring (bicyclic) bond motifs is 1. The zero-order chi connectivity index (χ0) is 19.8. The van der Waals surface area contributed by atoms with Crippen LogP contribution in [0.1, 0.15) is 31.1 Å². The number of rotatable bonds is 3. The van der Waals surface area contributed by atoms with Crippen LogP contribution >= 0.6 is 0 Å². The second-order valence-electron chi connectivity index (χ2n) is 7.21. The highest BCUT2D eigenvalue weighted by Gasteiger charge is 2.16. The minimum atomic E-state index is -0.975. The van der Waals surface area contributed by atoms with Crippen molar-refractivity contribution >= 4 is 28.8 Å². The average molecular weight is 367 g/mol. The first-order chi connectivity index (χ1) is 12.6. The third-order valence-corrected chi connectivity index (χ3v) is 3.92. The molecular formula is C20H21N3O4. The maximum atomic E-state index is 11.8. The number of benzene rings is 2. The van der Waals surface area contributed by atoms with Gasteiger partial charge in [0.15, 0.2) is 0 Å². The Morgan fingerprint density at radius 3 is 2.37 bits per heavy atom. The lowest BCUT2D eigenvalue weighted by Gasteiger charge is -2.19. The first-order valence-corrected chi connectivity index (χ1v) is 8.44. The molecular weight excluding hydrogens is 346 g/mol. The summed E-state index contributed by atoms with van der Waals surface area (Å²) in [5.41, 5.74) is 2.56. The molecule has 0 spiro atoms. The lowest BCUT2D eigenvalue weighted by Crippen LogP contribution is -2.27. The maximum Gasteiger partial charge on any atom is 0.412 e. The SMILES string of the molecule is Cn1c(-c2ccc(NC(=O)OC(C)(C)C)cc2)nc2ccc(C(=O)O)cc21. The summed E-state index contributed by atoms with van der Waals surface area (Å²) in [5, 5.41) is 11.8. The molecule has 140 valence electrons. The van der Waals surface area contributed by atoms with Gasteiger partial charge in [0.05, 0.1) is 16.6 Å². The first-order valence-electron chi connectivity index (χ1n) is 8.44. The monoisotopic (exact) mass is 367 g/mol. The number of amides is 1. The topological polar surface area (TPSA) is 93.5 Å². The highest BCUT2D eigenvalue weighted by atomic mass is 16.6. The van der Waals surface area contributed by atoms with Crippen LogP contribution in [0, 0.1) is 0 Å². The molecule has 1 aromatic heterocycles. The summed E-state index contributed by atoms with van der Waals surface area (Å²) >= 11 is 0. The van der Waals surface area contributed by atoms with E-state index in [1.807, 2.05) is 23.7 Å². The number of carboxylic acids is 1. The van der Waals surface area contributed by atoms with E-state index in [2.05, 4.69) is 10.3 Å². The van der Waals surface area contributed by atoms with E-state index < -0.39 is 17.7 Å². The Bertz CT molecular complexity index is 1010. The molecule has 0 aliphatic rings. The highest BCUT2D eigenvalue weighted by Crippen LogP contribution is 2.26. The quantitative estimate of drug-likeness (QED) is 0.720. The van der Waals surface area contributed by atoms with Crippen molar-refractivity contribution in [3.05, 3.63) is 48.0 Å². The van der Waals surface area contributed by atoms with Crippen LogP contribution in [0.2, 0.25) is 0 Å². The smallest absolute Gasteiger partial charge is 0.412 e. The minimum Gasteiger partial charge on any atom is -0.478 e. The highest BCUT2D eigenvalue weighted by molar-refractivity contribution is 5.93. The van der Waals surface area contributed by atoms with Gasteiger partial charge in [-0.2, -0.15) is 0 Å². The zero-order valence-electron chi connectivity index (χ0n) is 15.6. The summed E-state index contributed by atoms with van der Waals surface area (Å²) in [6.45, 7) is 5.41. The fraction of sp³-hybridized carbons (Fsp3) is 0.250. The van der Waals surface area contributed by atoms with Crippen molar-refractivity contribution in [3.8, 4) is 11.4 Å². The molecule has 7 nitrogen and oxygen atoms in total. The minimum absolute atomic E-state index is 0.217. The Balaban J connectivity index is 1.86. The molecule has 7 heteroatoms. The summed E-state index contributed by atoms with van der Waals surface area (Å²) in [7, 11) is 1.84. The van der Waals surface area contributed by atoms with Gasteiger partial charge in [0.2, 0.25) is 0 Å². The molecule has 27 heavy (non-hydrogen) atoms. The van der Waals surface area contributed by atoms with Gasteiger partial charge in [-0.05, 0) is 63.2 Å². The van der Waals surface area contributed by atoms with E-state index in [1.54, 1.807) is 45.0 Å². The fourth-order valence-corrected chi connectivity index (χ4v) is 2.71. The van der Waals surface area contributed by atoms with Crippen LogP contribution in [0.3, 0.4) is 0 Å². The normalized spacial score (nSPS) is 11.4. The Kier molecular flexibility index (Phi) is 4.61. The number of aromatic nitrogens is 2. The molecule has 0 saturated carbocycles. The van der Waals surface area contributed by atoms with Crippen molar-refractivity contribution in [2.24, 2.45) is 7.05 Å². The Morgan fingerprint density at radius 2 is 1.78 bits per heavy atom. The number of aromatic carboxylic acids is 1. The molecule has 3 rings (SSSR count). The molecule has 2 N–H and O–H groups in total. The number of anilines is 1. The Labute approximate surface area is 156 Å². The van der Waals surface area contributed by atoms with Crippen molar-refractivity contribution in [2.45, 2.75) is 26.4 Å². The predicted octanol–water partition coefficient (Wildman–Crippen LogP) is 4.29. The predicted molar refractivity (Wildman–Crippen MR) is 103 cm³/mol. The first kappa shape index (κ1) is 18.4. The van der Waals surface area contributed by atoms with Crippen LogP contribution in [0.5, 0.6) is 0 Å². The lowest BCUT2D eigenvalue weighted by atomic mass is 10.2. The molecule has 0 saturated heterocycles. The van der Waals surface area contributed by atoms with Crippen LogP contribution in [0.15, 0.2) is 42.5 Å². The number of hydrogen-bond acceptors (Lipinski definition) is 4. The second kappa shape index (κ2) is 6.75. The number of aryl methyl sites for hydroxylation is 1. The second-order valence-corrected chi connectivity index (χ2v) is 7.21. The van der Waals surface area contributed by atoms with E-state index >= 15 is 0 Å². The summed E-state index contributed by atoms with van der Waals surface area (Å²) in [6, 6.07) is 12.0. The summed E-state index contributed by atoms with van der Waals surface area (Å²) in [5.74, 6) is -0.270. The molecule has 0 bridgehead atoms. The number of carbonyl (C=O) groups excluding carboxylic acids is 1. The molecule has 1 heterocycles. The third kappa shape index (κ3) is 4.08. The molecule has 3 aromatic rings. The van der Waals surface area contributed by atoms with E-state index in [-0.39, 0.29) is 5.56 Å². The van der Waals surface area contributed by atoms with Crippen molar-refractivity contribution in [3.63, 3.8) is 0 Å². The van der Waals surface area contributed by atoms with E-state index in [9.17, 15) is 9.59 Å². The van der Waals surface area contributed by atoms with Gasteiger partial charge >= 0.3 is 12.1 Å². The zero-order valence-corrected chi connectivity index (χ0v) is 15.6.